The summed E-state index contributed by atoms with van der Waals surface area (Å²) in [5, 5.41) is 9.29. The lowest BCUT2D eigenvalue weighted by molar-refractivity contribution is -0.133. The average molecular weight is 280 g/mol. The van der Waals surface area contributed by atoms with Gasteiger partial charge >= 0.3 is 5.97 Å². The first-order valence-corrected chi connectivity index (χ1v) is 6.60. The number of hydrogen-bond donors (Lipinski definition) is 1. The lowest BCUT2D eigenvalue weighted by atomic mass is 10.3. The van der Waals surface area contributed by atoms with Crippen LogP contribution in [0.3, 0.4) is 0 Å². The van der Waals surface area contributed by atoms with Crippen molar-refractivity contribution >= 4 is 28.8 Å². The van der Waals surface area contributed by atoms with E-state index in [1.165, 1.54) is 12.1 Å². The summed E-state index contributed by atoms with van der Waals surface area (Å²) in [6.07, 6.45) is 0. The van der Waals surface area contributed by atoms with Crippen molar-refractivity contribution in [2.45, 2.75) is 18.6 Å². The fraction of sp³-hybridized carbons (Fsp3) is 0.231. The van der Waals surface area contributed by atoms with E-state index in [0.29, 0.717) is 17.2 Å². The molecule has 2 rings (SSSR count). The van der Waals surface area contributed by atoms with Crippen LogP contribution < -0.4 is 0 Å². The number of fused-ring (bicyclic) bond motifs is 1. The van der Waals surface area contributed by atoms with Crippen LogP contribution in [0.1, 0.15) is 6.92 Å². The number of aromatic nitrogens is 2. The summed E-state index contributed by atoms with van der Waals surface area (Å²) in [6.45, 7) is 6.25. The van der Waals surface area contributed by atoms with Crippen LogP contribution >= 0.6 is 11.8 Å². The molecule has 0 amide bonds. The van der Waals surface area contributed by atoms with Gasteiger partial charge in [-0.25, -0.2) is 9.37 Å². The van der Waals surface area contributed by atoms with Gasteiger partial charge in [0.15, 0.2) is 5.16 Å². The highest BCUT2D eigenvalue weighted by Gasteiger charge is 2.13. The van der Waals surface area contributed by atoms with E-state index in [1.54, 1.807) is 6.07 Å². The van der Waals surface area contributed by atoms with E-state index in [4.69, 9.17) is 5.11 Å². The third-order valence-corrected chi connectivity index (χ3v) is 3.39. The number of halogens is 1. The maximum Gasteiger partial charge on any atom is 0.313 e. The molecule has 100 valence electrons. The lowest BCUT2D eigenvalue weighted by Crippen LogP contribution is -2.04. The minimum absolute atomic E-state index is 0.0814. The van der Waals surface area contributed by atoms with Crippen molar-refractivity contribution < 1.29 is 14.3 Å². The largest absolute Gasteiger partial charge is 0.481 e. The van der Waals surface area contributed by atoms with Crippen molar-refractivity contribution in [2.24, 2.45) is 0 Å². The summed E-state index contributed by atoms with van der Waals surface area (Å²) in [5.74, 6) is -1.35. The van der Waals surface area contributed by atoms with Gasteiger partial charge in [-0.15, -0.1) is 0 Å². The Labute approximate surface area is 113 Å². The van der Waals surface area contributed by atoms with Crippen LogP contribution in [0.4, 0.5) is 4.39 Å². The SMILES string of the molecule is C=C(C)Cn1c(SCC(=O)O)nc2cc(F)ccc21. The predicted molar refractivity (Wildman–Crippen MR) is 72.9 cm³/mol. The maximum atomic E-state index is 13.2. The molecule has 0 aliphatic heterocycles. The number of nitrogens with zero attached hydrogens (tertiary/aromatic N) is 2. The van der Waals surface area contributed by atoms with E-state index < -0.39 is 5.97 Å². The Kier molecular flexibility index (Phi) is 3.90. The van der Waals surface area contributed by atoms with Gasteiger partial charge in [-0.05, 0) is 19.1 Å². The maximum absolute atomic E-state index is 13.2. The smallest absolute Gasteiger partial charge is 0.313 e. The topological polar surface area (TPSA) is 55.1 Å². The molecule has 19 heavy (non-hydrogen) atoms. The second kappa shape index (κ2) is 5.44. The molecule has 0 unspecified atom stereocenters. The van der Waals surface area contributed by atoms with Crippen molar-refractivity contribution in [3.63, 3.8) is 0 Å². The standard InChI is InChI=1S/C13H13FN2O2S/c1-8(2)6-16-11-4-3-9(14)5-10(11)15-13(16)19-7-12(17)18/h3-5H,1,6-7H2,2H3,(H,17,18). The monoisotopic (exact) mass is 280 g/mol. The molecular formula is C13H13FN2O2S. The zero-order valence-electron chi connectivity index (χ0n) is 10.4. The number of carbonyl (C=O) groups is 1. The molecule has 0 fully saturated rings. The average Bonchev–Trinajstić information content (AvgIpc) is 2.63. The summed E-state index contributed by atoms with van der Waals surface area (Å²) < 4.78 is 15.0. The number of carboxylic acids is 1. The number of imidazole rings is 1. The molecule has 2 aromatic rings. The Morgan fingerprint density at radius 2 is 2.32 bits per heavy atom. The van der Waals surface area contributed by atoms with E-state index in [9.17, 15) is 9.18 Å². The van der Waals surface area contributed by atoms with Gasteiger partial charge in [-0.2, -0.15) is 0 Å². The van der Waals surface area contributed by atoms with Crippen molar-refractivity contribution in [1.29, 1.82) is 0 Å². The highest BCUT2D eigenvalue weighted by molar-refractivity contribution is 7.99. The molecule has 0 spiro atoms. The molecule has 0 radical (unpaired) electrons. The fourth-order valence-electron chi connectivity index (χ4n) is 1.74. The number of rotatable bonds is 5. The molecule has 0 aliphatic rings. The van der Waals surface area contributed by atoms with Gasteiger partial charge in [0.25, 0.3) is 0 Å². The van der Waals surface area contributed by atoms with Gasteiger partial charge in [0, 0.05) is 12.6 Å². The van der Waals surface area contributed by atoms with Gasteiger partial charge in [0.2, 0.25) is 0 Å². The molecular weight excluding hydrogens is 267 g/mol. The van der Waals surface area contributed by atoms with E-state index in [2.05, 4.69) is 11.6 Å². The molecule has 4 nitrogen and oxygen atoms in total. The first-order chi connectivity index (χ1) is 8.97. The summed E-state index contributed by atoms with van der Waals surface area (Å²) in [7, 11) is 0. The Bertz CT molecular complexity index is 651. The van der Waals surface area contributed by atoms with E-state index in [0.717, 1.165) is 22.9 Å². The van der Waals surface area contributed by atoms with Crippen LogP contribution in [-0.2, 0) is 11.3 Å². The molecule has 1 aromatic carbocycles. The first-order valence-electron chi connectivity index (χ1n) is 5.62. The molecule has 1 heterocycles. The quantitative estimate of drug-likeness (QED) is 0.676. The molecule has 0 saturated heterocycles. The third-order valence-electron chi connectivity index (χ3n) is 2.43. The van der Waals surface area contributed by atoms with E-state index >= 15 is 0 Å². The number of carboxylic acid groups (broad SMARTS) is 1. The van der Waals surface area contributed by atoms with Gasteiger partial charge in [0.1, 0.15) is 5.82 Å². The molecule has 1 aromatic heterocycles. The van der Waals surface area contributed by atoms with Crippen molar-refractivity contribution in [3.8, 4) is 0 Å². The highest BCUT2D eigenvalue weighted by atomic mass is 32.2. The van der Waals surface area contributed by atoms with Crippen LogP contribution in [0.15, 0.2) is 35.5 Å². The minimum Gasteiger partial charge on any atom is -0.481 e. The second-order valence-electron chi connectivity index (χ2n) is 4.25. The second-order valence-corrected chi connectivity index (χ2v) is 5.20. The van der Waals surface area contributed by atoms with Gasteiger partial charge < -0.3 is 9.67 Å². The molecule has 0 atom stereocenters. The number of benzene rings is 1. The summed E-state index contributed by atoms with van der Waals surface area (Å²) in [5.41, 5.74) is 2.22. The normalized spacial score (nSPS) is 10.8. The molecule has 6 heteroatoms. The summed E-state index contributed by atoms with van der Waals surface area (Å²) >= 11 is 1.12. The van der Waals surface area contributed by atoms with E-state index in [1.807, 2.05) is 11.5 Å². The third kappa shape index (κ3) is 3.14. The van der Waals surface area contributed by atoms with Gasteiger partial charge in [-0.3, -0.25) is 4.79 Å². The van der Waals surface area contributed by atoms with Crippen LogP contribution in [0.25, 0.3) is 11.0 Å². The van der Waals surface area contributed by atoms with Crippen LogP contribution in [0.2, 0.25) is 0 Å². The molecule has 0 bridgehead atoms. The number of thioether (sulfide) groups is 1. The predicted octanol–water partition coefficient (Wildman–Crippen LogP) is 2.93. The van der Waals surface area contributed by atoms with Crippen molar-refractivity contribution in [3.05, 3.63) is 36.2 Å². The van der Waals surface area contributed by atoms with E-state index in [-0.39, 0.29) is 11.6 Å². The van der Waals surface area contributed by atoms with Crippen LogP contribution in [0.5, 0.6) is 0 Å². The van der Waals surface area contributed by atoms with Crippen LogP contribution in [-0.4, -0.2) is 26.4 Å². The Hall–Kier alpha value is -1.82. The van der Waals surface area contributed by atoms with Crippen molar-refractivity contribution in [1.82, 2.24) is 9.55 Å². The molecule has 0 saturated carbocycles. The number of hydrogen-bond acceptors (Lipinski definition) is 3. The Morgan fingerprint density at radius 1 is 1.58 bits per heavy atom. The van der Waals surface area contributed by atoms with Gasteiger partial charge in [0.05, 0.1) is 16.8 Å². The number of allylic oxidation sites excluding steroid dienone is 1. The summed E-state index contributed by atoms with van der Waals surface area (Å²) in [6, 6.07) is 4.35. The summed E-state index contributed by atoms with van der Waals surface area (Å²) in [4.78, 5) is 14.9. The zero-order chi connectivity index (χ0) is 14.0. The zero-order valence-corrected chi connectivity index (χ0v) is 11.2. The fourth-order valence-corrected chi connectivity index (χ4v) is 2.47. The first kappa shape index (κ1) is 13.6. The van der Waals surface area contributed by atoms with Crippen LogP contribution in [0, 0.1) is 5.82 Å². The van der Waals surface area contributed by atoms with Gasteiger partial charge in [-0.1, -0.05) is 23.9 Å². The molecule has 0 aliphatic carbocycles. The van der Waals surface area contributed by atoms with Crippen molar-refractivity contribution in [2.75, 3.05) is 5.75 Å². The highest BCUT2D eigenvalue weighted by Crippen LogP contribution is 2.25. The number of aliphatic carboxylic acids is 1. The molecule has 1 N–H and O–H groups in total. The lowest BCUT2D eigenvalue weighted by Gasteiger charge is -2.07. The minimum atomic E-state index is -0.912. The Balaban J connectivity index is 2.47. The Morgan fingerprint density at radius 3 is 2.95 bits per heavy atom.